The van der Waals surface area contributed by atoms with E-state index in [1.54, 1.807) is 18.5 Å². The molecule has 2 aliphatic rings. The Labute approximate surface area is 193 Å². The summed E-state index contributed by atoms with van der Waals surface area (Å²) in [6.07, 6.45) is 3.78. The number of carbonyl (C=O) groups is 2. The highest BCUT2D eigenvalue weighted by atomic mass is 35.5. The Balaban J connectivity index is 1.24. The van der Waals surface area contributed by atoms with Crippen LogP contribution in [0.4, 0.5) is 5.95 Å². The van der Waals surface area contributed by atoms with Gasteiger partial charge in [-0.3, -0.25) is 14.5 Å². The number of halogens is 1. The Morgan fingerprint density at radius 3 is 2.19 bits per heavy atom. The van der Waals surface area contributed by atoms with Crippen molar-refractivity contribution in [3.05, 3.63) is 53.3 Å². The number of hydrogen-bond donors (Lipinski definition) is 0. The van der Waals surface area contributed by atoms with E-state index < -0.39 is 0 Å². The van der Waals surface area contributed by atoms with Crippen molar-refractivity contribution in [3.63, 3.8) is 0 Å². The number of carbonyl (C=O) groups excluding carboxylic acids is 2. The van der Waals surface area contributed by atoms with Gasteiger partial charge in [-0.2, -0.15) is 0 Å². The molecule has 0 saturated carbocycles. The van der Waals surface area contributed by atoms with E-state index in [9.17, 15) is 9.59 Å². The minimum Gasteiger partial charge on any atom is -0.340 e. The average molecular weight is 457 g/mol. The lowest BCUT2D eigenvalue weighted by atomic mass is 10.1. The normalized spacial score (nSPS) is 18.5. The van der Waals surface area contributed by atoms with Crippen molar-refractivity contribution in [2.75, 3.05) is 57.3 Å². The number of nitrogens with zero attached hydrogens (tertiary/aromatic N) is 6. The van der Waals surface area contributed by atoms with Crippen LogP contribution in [0.25, 0.3) is 0 Å². The lowest BCUT2D eigenvalue weighted by Gasteiger charge is -2.41. The third kappa shape index (κ3) is 5.19. The summed E-state index contributed by atoms with van der Waals surface area (Å²) in [7, 11) is 0. The fourth-order valence-electron chi connectivity index (χ4n) is 4.28. The van der Waals surface area contributed by atoms with Gasteiger partial charge in [-0.1, -0.05) is 29.8 Å². The van der Waals surface area contributed by atoms with Crippen LogP contribution in [0.3, 0.4) is 0 Å². The maximum Gasteiger partial charge on any atom is 0.239 e. The lowest BCUT2D eigenvalue weighted by Crippen LogP contribution is -2.58. The molecule has 0 N–H and O–H groups in total. The molecule has 2 saturated heterocycles. The summed E-state index contributed by atoms with van der Waals surface area (Å²) in [6, 6.07) is 9.06. The predicted molar refractivity (Wildman–Crippen MR) is 124 cm³/mol. The number of hydrogen-bond acceptors (Lipinski definition) is 6. The van der Waals surface area contributed by atoms with Crippen molar-refractivity contribution >= 4 is 29.4 Å². The lowest BCUT2D eigenvalue weighted by molar-refractivity contribution is -0.138. The smallest absolute Gasteiger partial charge is 0.239 e. The number of amides is 2. The van der Waals surface area contributed by atoms with Crippen LogP contribution in [-0.4, -0.2) is 94.9 Å². The molecular weight excluding hydrogens is 428 g/mol. The van der Waals surface area contributed by atoms with Crippen LogP contribution < -0.4 is 4.90 Å². The molecule has 2 amide bonds. The first-order chi connectivity index (χ1) is 15.5. The fraction of sp³-hybridized carbons (Fsp3) is 0.478. The Bertz CT molecular complexity index is 927. The SMILES string of the molecule is CC(C(=O)N1CCN(c2ncccn2)CC1)N1CCN(C(=O)Cc2ccccc2Cl)CC1. The Morgan fingerprint density at radius 2 is 1.53 bits per heavy atom. The van der Waals surface area contributed by atoms with Crippen molar-refractivity contribution in [2.45, 2.75) is 19.4 Å². The molecule has 1 unspecified atom stereocenters. The summed E-state index contributed by atoms with van der Waals surface area (Å²) in [5.74, 6) is 0.940. The second-order valence-corrected chi connectivity index (χ2v) is 8.63. The van der Waals surface area contributed by atoms with Gasteiger partial charge in [0.05, 0.1) is 12.5 Å². The standard InChI is InChI=1S/C23H29ClN6O2/c1-18(22(32)29-13-15-30(16-14-29)23-25-7-4-8-26-23)27-9-11-28(12-10-27)21(31)17-19-5-2-3-6-20(19)24/h2-8,18H,9-17H2,1H3. The van der Waals surface area contributed by atoms with Gasteiger partial charge in [-0.15, -0.1) is 0 Å². The van der Waals surface area contributed by atoms with E-state index in [0.29, 0.717) is 56.7 Å². The molecular formula is C23H29ClN6O2. The zero-order valence-corrected chi connectivity index (χ0v) is 19.1. The average Bonchev–Trinajstić information content (AvgIpc) is 2.85. The zero-order valence-electron chi connectivity index (χ0n) is 18.4. The van der Waals surface area contributed by atoms with Gasteiger partial charge in [-0.05, 0) is 24.6 Å². The summed E-state index contributed by atoms with van der Waals surface area (Å²) in [5.41, 5.74) is 0.852. The van der Waals surface area contributed by atoms with Crippen molar-refractivity contribution in [1.82, 2.24) is 24.7 Å². The first kappa shape index (κ1) is 22.5. The number of anilines is 1. The monoisotopic (exact) mass is 456 g/mol. The topological polar surface area (TPSA) is 72.9 Å². The first-order valence-electron chi connectivity index (χ1n) is 11.1. The minimum absolute atomic E-state index is 0.0796. The van der Waals surface area contributed by atoms with Crippen LogP contribution in [0.1, 0.15) is 12.5 Å². The largest absolute Gasteiger partial charge is 0.340 e. The second kappa shape index (κ2) is 10.3. The summed E-state index contributed by atoms with van der Waals surface area (Å²) in [4.78, 5) is 42.4. The molecule has 2 aliphatic heterocycles. The highest BCUT2D eigenvalue weighted by Gasteiger charge is 2.31. The number of piperazine rings is 2. The van der Waals surface area contributed by atoms with E-state index in [1.807, 2.05) is 41.0 Å². The van der Waals surface area contributed by atoms with Gasteiger partial charge in [0.25, 0.3) is 0 Å². The summed E-state index contributed by atoms with van der Waals surface area (Å²) >= 11 is 6.19. The Morgan fingerprint density at radius 1 is 0.906 bits per heavy atom. The predicted octanol–water partition coefficient (Wildman–Crippen LogP) is 1.55. The third-order valence-electron chi connectivity index (χ3n) is 6.30. The Kier molecular flexibility index (Phi) is 7.22. The molecule has 2 aromatic rings. The van der Waals surface area contributed by atoms with Gasteiger partial charge < -0.3 is 14.7 Å². The molecule has 1 aromatic carbocycles. The molecule has 2 fully saturated rings. The van der Waals surface area contributed by atoms with Gasteiger partial charge in [-0.25, -0.2) is 9.97 Å². The maximum absolute atomic E-state index is 13.1. The van der Waals surface area contributed by atoms with Gasteiger partial charge in [0, 0.05) is 69.8 Å². The van der Waals surface area contributed by atoms with E-state index in [1.165, 1.54) is 0 Å². The highest BCUT2D eigenvalue weighted by molar-refractivity contribution is 6.31. The first-order valence-corrected chi connectivity index (χ1v) is 11.5. The number of rotatable bonds is 5. The van der Waals surface area contributed by atoms with Gasteiger partial charge >= 0.3 is 0 Å². The van der Waals surface area contributed by atoms with Crippen LogP contribution in [-0.2, 0) is 16.0 Å². The number of benzene rings is 1. The zero-order chi connectivity index (χ0) is 22.5. The van der Waals surface area contributed by atoms with Gasteiger partial charge in [0.2, 0.25) is 17.8 Å². The molecule has 0 spiro atoms. The molecule has 4 rings (SSSR count). The van der Waals surface area contributed by atoms with Gasteiger partial charge in [0.15, 0.2) is 0 Å². The second-order valence-electron chi connectivity index (χ2n) is 8.22. The number of aromatic nitrogens is 2. The van der Waals surface area contributed by atoms with Gasteiger partial charge in [0.1, 0.15) is 0 Å². The fourth-order valence-corrected chi connectivity index (χ4v) is 4.48. The van der Waals surface area contributed by atoms with Crippen LogP contribution in [0.2, 0.25) is 5.02 Å². The van der Waals surface area contributed by atoms with Crippen molar-refractivity contribution in [1.29, 1.82) is 0 Å². The third-order valence-corrected chi connectivity index (χ3v) is 6.67. The molecule has 32 heavy (non-hydrogen) atoms. The van der Waals surface area contributed by atoms with Crippen LogP contribution in [0.5, 0.6) is 0 Å². The van der Waals surface area contributed by atoms with E-state index in [4.69, 9.17) is 11.6 Å². The Hall–Kier alpha value is -2.71. The molecule has 170 valence electrons. The maximum atomic E-state index is 13.1. The molecule has 9 heteroatoms. The van der Waals surface area contributed by atoms with Crippen molar-refractivity contribution < 1.29 is 9.59 Å². The van der Waals surface area contributed by atoms with Crippen molar-refractivity contribution in [2.24, 2.45) is 0 Å². The van der Waals surface area contributed by atoms with Crippen LogP contribution >= 0.6 is 11.6 Å². The quantitative estimate of drug-likeness (QED) is 0.679. The molecule has 3 heterocycles. The van der Waals surface area contributed by atoms with Crippen LogP contribution in [0, 0.1) is 0 Å². The van der Waals surface area contributed by atoms with E-state index in [0.717, 1.165) is 18.7 Å². The molecule has 1 atom stereocenters. The molecule has 0 aliphatic carbocycles. The highest BCUT2D eigenvalue weighted by Crippen LogP contribution is 2.18. The molecule has 0 bridgehead atoms. The van der Waals surface area contributed by atoms with Crippen molar-refractivity contribution in [3.8, 4) is 0 Å². The molecule has 8 nitrogen and oxygen atoms in total. The van der Waals surface area contributed by atoms with Crippen LogP contribution in [0.15, 0.2) is 42.7 Å². The van der Waals surface area contributed by atoms with E-state index in [2.05, 4.69) is 19.8 Å². The molecule has 1 aromatic heterocycles. The van der Waals surface area contributed by atoms with E-state index >= 15 is 0 Å². The summed E-state index contributed by atoms with van der Waals surface area (Å²) in [6.45, 7) is 7.39. The molecule has 0 radical (unpaired) electrons. The van der Waals surface area contributed by atoms with E-state index in [-0.39, 0.29) is 17.9 Å². The summed E-state index contributed by atoms with van der Waals surface area (Å²) < 4.78 is 0. The summed E-state index contributed by atoms with van der Waals surface area (Å²) in [5, 5.41) is 0.623. The minimum atomic E-state index is -0.199.